The number of ether oxygens (including phenoxy) is 1. The number of aromatic nitrogens is 4. The maximum Gasteiger partial charge on any atom is 0.481 e. The van der Waals surface area contributed by atoms with Crippen LogP contribution in [0.25, 0.3) is 11.2 Å². The lowest BCUT2D eigenvalue weighted by Crippen LogP contribution is -2.46. The molecule has 1 aliphatic rings. The average molecular weight is 986 g/mol. The zero-order valence-corrected chi connectivity index (χ0v) is 36.8. The predicted octanol–water partition coefficient (Wildman–Crippen LogP) is -1.82. The molecule has 63 heavy (non-hydrogen) atoms. The molecular weight excluding hydrogens is 939 g/mol. The van der Waals surface area contributed by atoms with Crippen LogP contribution in [0.3, 0.4) is 0 Å². The smallest absolute Gasteiger partial charge is 0.481 e. The average Bonchev–Trinajstić information content (AvgIpc) is 3.73. The number of carbonyl (C=O) groups excluding carboxylic acids is 3. The highest BCUT2D eigenvalue weighted by atomic mass is 32.2. The standard InChI is InChI=1S/C25H40N7O19P3S.C4H6O4/c1-12(23(37)38)24(39)55-7-6-27-14(33)4-5-28-21(36)18(35)25(2,3)9-48-54(45,46)51-53(43,44)47-8-13-17(50-52(40,41)42)16(34)22(49-13)32-11-31-15-19(26)29-10-30-20(15)32;1-2(3(5)6)4(7)8/h10-13,16-18,22,34-35H,4-9H2,1-3H3,(H,27,33)(H,28,36)(H,37,38)(H,43,44)(H,45,46)(H2,26,29,30)(H2,40,41,42);2H,1H3,(H,5,6)(H,7,8)/t12?,13-,16-,17-,18+,22-;/m1./s1. The molecule has 0 radical (unpaired) electrons. The highest BCUT2D eigenvalue weighted by molar-refractivity contribution is 8.13. The summed E-state index contributed by atoms with van der Waals surface area (Å²) in [6.07, 6.45) is -7.13. The topological polar surface area (TPSA) is 476 Å². The molecule has 0 aliphatic carbocycles. The first-order chi connectivity index (χ1) is 28.9. The predicted molar refractivity (Wildman–Crippen MR) is 208 cm³/mol. The Bertz CT molecular complexity index is 2110. The van der Waals surface area contributed by atoms with Crippen LogP contribution in [0.1, 0.15) is 40.3 Å². The van der Waals surface area contributed by atoms with E-state index in [4.69, 9.17) is 34.8 Å². The molecule has 3 unspecified atom stereocenters. The number of aliphatic hydroxyl groups excluding tert-OH is 2. The van der Waals surface area contributed by atoms with E-state index in [0.717, 1.165) is 35.9 Å². The lowest BCUT2D eigenvalue weighted by molar-refractivity contribution is -0.153. The van der Waals surface area contributed by atoms with Crippen LogP contribution in [0.5, 0.6) is 0 Å². The number of aliphatic hydroxyl groups is 2. The summed E-state index contributed by atoms with van der Waals surface area (Å²) in [6, 6.07) is 0. The number of carbonyl (C=O) groups is 6. The minimum absolute atomic E-state index is 0.0183. The van der Waals surface area contributed by atoms with Crippen molar-refractivity contribution in [1.82, 2.24) is 30.2 Å². The number of imidazole rings is 1. The molecule has 8 atom stereocenters. The Morgan fingerprint density at radius 2 is 1.51 bits per heavy atom. The first-order valence-corrected chi connectivity index (χ1v) is 23.1. The number of carboxylic acid groups (broad SMARTS) is 3. The third-order valence-electron chi connectivity index (χ3n) is 8.21. The first-order valence-electron chi connectivity index (χ1n) is 17.6. The highest BCUT2D eigenvalue weighted by Gasteiger charge is 2.50. The van der Waals surface area contributed by atoms with Crippen molar-refractivity contribution in [2.24, 2.45) is 17.3 Å². The molecule has 356 valence electrons. The molecule has 0 bridgehead atoms. The zero-order valence-electron chi connectivity index (χ0n) is 33.3. The fraction of sp³-hybridized carbons (Fsp3) is 0.621. The van der Waals surface area contributed by atoms with Gasteiger partial charge in [-0.25, -0.2) is 28.6 Å². The minimum atomic E-state index is -5.59. The number of amides is 2. The molecule has 2 amide bonds. The molecule has 1 saturated heterocycles. The van der Waals surface area contributed by atoms with Gasteiger partial charge in [-0.1, -0.05) is 25.6 Å². The second kappa shape index (κ2) is 23.2. The summed E-state index contributed by atoms with van der Waals surface area (Å²) in [7, 11) is -16.4. The Morgan fingerprint density at radius 1 is 0.921 bits per heavy atom. The molecule has 3 heterocycles. The van der Waals surface area contributed by atoms with E-state index in [-0.39, 0.29) is 42.2 Å². The molecule has 2 aromatic rings. The van der Waals surface area contributed by atoms with E-state index in [1.54, 1.807) is 0 Å². The Kier molecular flexibility index (Phi) is 20.3. The molecule has 0 saturated carbocycles. The van der Waals surface area contributed by atoms with Gasteiger partial charge in [-0.15, -0.1) is 0 Å². The summed E-state index contributed by atoms with van der Waals surface area (Å²) in [5, 5.41) is 50.3. The second-order valence-electron chi connectivity index (χ2n) is 13.7. The van der Waals surface area contributed by atoms with Crippen molar-refractivity contribution in [3.05, 3.63) is 12.7 Å². The Labute approximate surface area is 359 Å². The number of phosphoric acid groups is 3. The van der Waals surface area contributed by atoms with Gasteiger partial charge in [0, 0.05) is 30.7 Å². The quantitative estimate of drug-likeness (QED) is 0.0331. The molecule has 0 spiro atoms. The number of hydrogen-bond donors (Lipinski definition) is 12. The van der Waals surface area contributed by atoms with Crippen LogP contribution in [0, 0.1) is 17.3 Å². The van der Waals surface area contributed by atoms with Crippen molar-refractivity contribution in [3.8, 4) is 0 Å². The van der Waals surface area contributed by atoms with Gasteiger partial charge in [-0.05, 0) is 13.8 Å². The summed E-state index contributed by atoms with van der Waals surface area (Å²) in [5.41, 5.74) is 4.19. The van der Waals surface area contributed by atoms with Crippen LogP contribution in [0.4, 0.5) is 5.82 Å². The second-order valence-corrected chi connectivity index (χ2v) is 19.0. The number of aliphatic carboxylic acids is 3. The van der Waals surface area contributed by atoms with Gasteiger partial charge < -0.3 is 66.2 Å². The summed E-state index contributed by atoms with van der Waals surface area (Å²) >= 11 is 0.726. The molecule has 3 rings (SSSR count). The molecule has 34 heteroatoms. The maximum atomic E-state index is 12.6. The summed E-state index contributed by atoms with van der Waals surface area (Å²) in [4.78, 5) is 117. The van der Waals surface area contributed by atoms with E-state index in [1.807, 2.05) is 0 Å². The zero-order chi connectivity index (χ0) is 48.2. The van der Waals surface area contributed by atoms with Crippen LogP contribution >= 0.6 is 35.2 Å². The maximum absolute atomic E-state index is 12.6. The summed E-state index contributed by atoms with van der Waals surface area (Å²) < 4.78 is 61.9. The number of nitrogens with two attached hydrogens (primary N) is 1. The lowest BCUT2D eigenvalue weighted by Gasteiger charge is -2.30. The van der Waals surface area contributed by atoms with Crippen LogP contribution in [0.15, 0.2) is 12.7 Å². The van der Waals surface area contributed by atoms with Gasteiger partial charge in [0.2, 0.25) is 16.9 Å². The molecule has 1 aliphatic heterocycles. The Morgan fingerprint density at radius 3 is 2.06 bits per heavy atom. The van der Waals surface area contributed by atoms with Gasteiger partial charge in [-0.3, -0.25) is 46.9 Å². The summed E-state index contributed by atoms with van der Waals surface area (Å²) in [6.45, 7) is 2.46. The number of nitrogens with one attached hydrogen (secondary N) is 2. The number of nitrogens with zero attached hydrogens (tertiary/aromatic N) is 4. The van der Waals surface area contributed by atoms with E-state index in [2.05, 4.69) is 34.4 Å². The number of nitrogen functional groups attached to an aromatic ring is 1. The van der Waals surface area contributed by atoms with Gasteiger partial charge >= 0.3 is 41.4 Å². The number of anilines is 1. The van der Waals surface area contributed by atoms with Crippen molar-refractivity contribution in [2.45, 2.75) is 64.8 Å². The normalized spacial score (nSPS) is 20.7. The van der Waals surface area contributed by atoms with Gasteiger partial charge in [0.1, 0.15) is 42.2 Å². The molecule has 30 nitrogen and oxygen atoms in total. The number of hydrogen-bond acceptors (Lipinski definition) is 21. The monoisotopic (exact) mass is 985 g/mol. The molecular formula is C29H46N7O23P3S. The SMILES string of the molecule is CC(C(=O)O)C(=O)O.CC(C(=O)O)C(=O)SCCNC(=O)CCNC(=O)[C@H](O)C(C)(C)COP(=O)(O)OP(=O)(O)OC[C@H]1O[C@@H](n2cnc3c(N)ncnc32)[C@H](O)[C@@H]1OP(=O)(O)O. The van der Waals surface area contributed by atoms with Crippen molar-refractivity contribution in [3.63, 3.8) is 0 Å². The number of rotatable bonds is 23. The van der Waals surface area contributed by atoms with Gasteiger partial charge in [0.15, 0.2) is 23.6 Å². The van der Waals surface area contributed by atoms with E-state index in [1.165, 1.54) is 20.8 Å². The van der Waals surface area contributed by atoms with E-state index in [9.17, 15) is 72.2 Å². The van der Waals surface area contributed by atoms with Gasteiger partial charge in [0.05, 0.1) is 19.5 Å². The summed E-state index contributed by atoms with van der Waals surface area (Å²) in [5.74, 6) is -7.93. The molecule has 0 aromatic carbocycles. The van der Waals surface area contributed by atoms with E-state index >= 15 is 0 Å². The van der Waals surface area contributed by atoms with Crippen molar-refractivity contribution < 1.29 is 110 Å². The number of carboxylic acids is 3. The third kappa shape index (κ3) is 17.5. The molecule has 13 N–H and O–H groups in total. The molecule has 2 aromatic heterocycles. The van der Waals surface area contributed by atoms with Gasteiger partial charge in [-0.2, -0.15) is 4.31 Å². The van der Waals surface area contributed by atoms with Crippen molar-refractivity contribution >= 4 is 87.0 Å². The van der Waals surface area contributed by atoms with Crippen LogP contribution < -0.4 is 16.4 Å². The largest absolute Gasteiger partial charge is 0.481 e. The third-order valence-corrected chi connectivity index (χ3v) is 12.4. The van der Waals surface area contributed by atoms with Crippen molar-refractivity contribution in [1.29, 1.82) is 0 Å². The van der Waals surface area contributed by atoms with Crippen LogP contribution in [-0.4, -0.2) is 156 Å². The van der Waals surface area contributed by atoms with Crippen LogP contribution in [0.2, 0.25) is 0 Å². The number of phosphoric ester groups is 3. The van der Waals surface area contributed by atoms with E-state index < -0.39 is 119 Å². The van der Waals surface area contributed by atoms with Gasteiger partial charge in [0.25, 0.3) is 0 Å². The minimum Gasteiger partial charge on any atom is -0.481 e. The fourth-order valence-corrected chi connectivity index (χ4v) is 8.20. The fourth-order valence-electron chi connectivity index (χ4n) is 4.61. The molecule has 1 fully saturated rings. The van der Waals surface area contributed by atoms with Crippen molar-refractivity contribution in [2.75, 3.05) is 37.8 Å². The highest BCUT2D eigenvalue weighted by Crippen LogP contribution is 2.61. The van der Waals surface area contributed by atoms with Crippen LogP contribution in [-0.2, 0) is 65.1 Å². The van der Waals surface area contributed by atoms with E-state index in [0.29, 0.717) is 0 Å². The first kappa shape index (κ1) is 55.1. The lowest BCUT2D eigenvalue weighted by atomic mass is 9.87. The number of thioether (sulfide) groups is 1. The number of fused-ring (bicyclic) bond motifs is 1. The Balaban J connectivity index is 0.00000155. The Hall–Kier alpha value is -4.03.